The number of benzene rings is 3. The second-order valence-corrected chi connectivity index (χ2v) is 9.62. The zero-order valence-electron chi connectivity index (χ0n) is 18.8. The molecule has 8 nitrogen and oxygen atoms in total. The molecule has 0 amide bonds. The second-order valence-electron chi connectivity index (χ2n) is 7.83. The third-order valence-electron chi connectivity index (χ3n) is 5.29. The quantitative estimate of drug-likeness (QED) is 0.139. The Morgan fingerprint density at radius 3 is 2.44 bits per heavy atom. The molecule has 0 saturated carbocycles. The minimum Gasteiger partial charge on any atom is -0.480 e. The number of halogens is 2. The fourth-order valence-corrected chi connectivity index (χ4v) is 4.67. The van der Waals surface area contributed by atoms with E-state index in [0.29, 0.717) is 15.7 Å². The van der Waals surface area contributed by atoms with E-state index in [0.717, 1.165) is 21.6 Å². The SMILES string of the molecule is Cc1ccc(-c2nc(N=NC(Cc3ccccc3[N+](=O)[O-])C(=O)O)sc2-c2ccc(Cl)c(Cl)c2)cc1. The molecule has 1 atom stereocenters. The smallest absolute Gasteiger partial charge is 0.330 e. The summed E-state index contributed by atoms with van der Waals surface area (Å²) in [5, 5.41) is 30.1. The molecule has 0 aliphatic heterocycles. The number of nitro groups is 1. The number of carboxylic acids is 1. The van der Waals surface area contributed by atoms with Crippen LogP contribution in [0.3, 0.4) is 0 Å². The molecule has 36 heavy (non-hydrogen) atoms. The number of thiazole rings is 1. The van der Waals surface area contributed by atoms with E-state index in [2.05, 4.69) is 15.2 Å². The molecule has 11 heteroatoms. The van der Waals surface area contributed by atoms with Crippen molar-refractivity contribution in [2.45, 2.75) is 19.4 Å². The Kier molecular flexibility index (Phi) is 7.73. The highest BCUT2D eigenvalue weighted by Gasteiger charge is 2.23. The van der Waals surface area contributed by atoms with Crippen molar-refractivity contribution in [3.05, 3.63) is 98.0 Å². The molecular weight excluding hydrogens is 523 g/mol. The van der Waals surface area contributed by atoms with Crippen LogP contribution in [0.15, 0.2) is 77.0 Å². The lowest BCUT2D eigenvalue weighted by Crippen LogP contribution is -2.20. The molecule has 0 fully saturated rings. The molecule has 0 radical (unpaired) electrons. The average molecular weight is 541 g/mol. The van der Waals surface area contributed by atoms with E-state index >= 15 is 0 Å². The zero-order valence-corrected chi connectivity index (χ0v) is 21.1. The minimum absolute atomic E-state index is 0.170. The summed E-state index contributed by atoms with van der Waals surface area (Å²) in [7, 11) is 0. The summed E-state index contributed by atoms with van der Waals surface area (Å²) in [6.07, 6.45) is -0.189. The highest BCUT2D eigenvalue weighted by molar-refractivity contribution is 7.19. The first-order valence-electron chi connectivity index (χ1n) is 10.6. The molecule has 3 aromatic carbocycles. The van der Waals surface area contributed by atoms with Crippen LogP contribution >= 0.6 is 34.5 Å². The summed E-state index contributed by atoms with van der Waals surface area (Å²) in [5.41, 5.74) is 3.42. The zero-order chi connectivity index (χ0) is 25.8. The van der Waals surface area contributed by atoms with Crippen molar-refractivity contribution in [2.75, 3.05) is 0 Å². The number of hydrogen-bond acceptors (Lipinski definition) is 7. The van der Waals surface area contributed by atoms with E-state index in [1.807, 2.05) is 37.3 Å². The van der Waals surface area contributed by atoms with Crippen LogP contribution in [0.1, 0.15) is 11.1 Å². The van der Waals surface area contributed by atoms with Crippen molar-refractivity contribution in [3.63, 3.8) is 0 Å². The van der Waals surface area contributed by atoms with E-state index in [4.69, 9.17) is 23.2 Å². The number of rotatable bonds is 8. The van der Waals surface area contributed by atoms with Gasteiger partial charge in [-0.15, -0.1) is 5.11 Å². The Balaban J connectivity index is 1.72. The van der Waals surface area contributed by atoms with Crippen molar-refractivity contribution < 1.29 is 14.8 Å². The number of aromatic nitrogens is 1. The molecule has 1 N–H and O–H groups in total. The van der Waals surface area contributed by atoms with Crippen molar-refractivity contribution >= 4 is 51.3 Å². The molecule has 1 unspecified atom stereocenters. The van der Waals surface area contributed by atoms with Gasteiger partial charge in [0.1, 0.15) is 0 Å². The van der Waals surface area contributed by atoms with Gasteiger partial charge in [0.25, 0.3) is 5.69 Å². The maximum atomic E-state index is 11.9. The normalized spacial score (nSPS) is 12.1. The van der Waals surface area contributed by atoms with Crippen LogP contribution in [0.2, 0.25) is 10.0 Å². The number of carboxylic acid groups (broad SMARTS) is 1. The van der Waals surface area contributed by atoms with Gasteiger partial charge in [-0.25, -0.2) is 9.78 Å². The Morgan fingerprint density at radius 1 is 1.08 bits per heavy atom. The molecule has 4 rings (SSSR count). The fraction of sp³-hybridized carbons (Fsp3) is 0.120. The standard InChI is InChI=1S/C25H18Cl2N4O4S/c1-14-6-8-15(9-7-14)22-23(17-10-11-18(26)19(27)12-17)36-25(28-22)30-29-20(24(32)33)13-16-4-2-3-5-21(16)31(34)35/h2-12,20H,13H2,1H3,(H,32,33). The van der Waals surface area contributed by atoms with Gasteiger partial charge < -0.3 is 5.11 Å². The Hall–Kier alpha value is -3.66. The fourth-order valence-electron chi connectivity index (χ4n) is 3.46. The third kappa shape index (κ3) is 5.76. The summed E-state index contributed by atoms with van der Waals surface area (Å²) < 4.78 is 0. The Morgan fingerprint density at radius 2 is 1.78 bits per heavy atom. The maximum Gasteiger partial charge on any atom is 0.330 e. The van der Waals surface area contributed by atoms with Crippen LogP contribution in [0.4, 0.5) is 10.8 Å². The van der Waals surface area contributed by atoms with Crippen LogP contribution < -0.4 is 0 Å². The molecule has 0 aliphatic rings. The van der Waals surface area contributed by atoms with Gasteiger partial charge in [0.15, 0.2) is 6.04 Å². The second kappa shape index (κ2) is 10.9. The number of azo groups is 1. The first-order valence-corrected chi connectivity index (χ1v) is 12.2. The van der Waals surface area contributed by atoms with Gasteiger partial charge in [0.05, 0.1) is 25.5 Å². The van der Waals surface area contributed by atoms with Crippen molar-refractivity contribution in [2.24, 2.45) is 10.2 Å². The van der Waals surface area contributed by atoms with E-state index in [1.54, 1.807) is 18.2 Å². The first-order chi connectivity index (χ1) is 17.2. The number of aryl methyl sites for hydroxylation is 1. The Bertz CT molecular complexity index is 1470. The number of hydrogen-bond donors (Lipinski definition) is 1. The first kappa shape index (κ1) is 25.4. The highest BCUT2D eigenvalue weighted by Crippen LogP contribution is 2.42. The number of para-hydroxylation sites is 1. The van der Waals surface area contributed by atoms with E-state index in [9.17, 15) is 20.0 Å². The van der Waals surface area contributed by atoms with Crippen LogP contribution in [0.25, 0.3) is 21.7 Å². The van der Waals surface area contributed by atoms with Gasteiger partial charge in [-0.3, -0.25) is 10.1 Å². The van der Waals surface area contributed by atoms with Gasteiger partial charge in [-0.05, 0) is 24.6 Å². The number of aliphatic carboxylic acids is 1. The van der Waals surface area contributed by atoms with Crippen molar-refractivity contribution in [3.8, 4) is 21.7 Å². The molecule has 4 aromatic rings. The van der Waals surface area contributed by atoms with E-state index < -0.39 is 16.9 Å². The van der Waals surface area contributed by atoms with Gasteiger partial charge in [-0.2, -0.15) is 5.11 Å². The molecule has 1 aromatic heterocycles. The molecule has 0 spiro atoms. The van der Waals surface area contributed by atoms with Gasteiger partial charge in [0, 0.05) is 23.6 Å². The lowest BCUT2D eigenvalue weighted by atomic mass is 10.0. The monoisotopic (exact) mass is 540 g/mol. The van der Waals surface area contributed by atoms with E-state index in [-0.39, 0.29) is 22.8 Å². The summed E-state index contributed by atoms with van der Waals surface area (Å²) >= 11 is 13.5. The number of nitrogens with zero attached hydrogens (tertiary/aromatic N) is 4. The highest BCUT2D eigenvalue weighted by atomic mass is 35.5. The van der Waals surface area contributed by atoms with E-state index in [1.165, 1.54) is 29.5 Å². The molecule has 1 heterocycles. The number of carbonyl (C=O) groups is 1. The van der Waals surface area contributed by atoms with Crippen molar-refractivity contribution in [1.82, 2.24) is 4.98 Å². The molecule has 0 saturated heterocycles. The maximum absolute atomic E-state index is 11.9. The van der Waals surface area contributed by atoms with Crippen LogP contribution in [-0.4, -0.2) is 27.0 Å². The summed E-state index contributed by atoms with van der Waals surface area (Å²) in [6, 6.07) is 17.6. The summed E-state index contributed by atoms with van der Waals surface area (Å²) in [4.78, 5) is 28.0. The van der Waals surface area contributed by atoms with Crippen LogP contribution in [0.5, 0.6) is 0 Å². The number of nitro benzene ring substituents is 1. The summed E-state index contributed by atoms with van der Waals surface area (Å²) in [6.45, 7) is 1.98. The largest absolute Gasteiger partial charge is 0.480 e. The van der Waals surface area contributed by atoms with Gasteiger partial charge in [0.2, 0.25) is 5.13 Å². The predicted octanol–water partition coefficient (Wildman–Crippen LogP) is 7.78. The third-order valence-corrected chi connectivity index (χ3v) is 7.02. The van der Waals surface area contributed by atoms with Gasteiger partial charge >= 0.3 is 5.97 Å². The van der Waals surface area contributed by atoms with Gasteiger partial charge in [-0.1, -0.05) is 88.6 Å². The predicted molar refractivity (Wildman–Crippen MR) is 140 cm³/mol. The van der Waals surface area contributed by atoms with Crippen LogP contribution in [-0.2, 0) is 11.2 Å². The Labute approximate surface area is 220 Å². The van der Waals surface area contributed by atoms with Crippen LogP contribution in [0, 0.1) is 17.0 Å². The minimum atomic E-state index is -1.33. The summed E-state index contributed by atoms with van der Waals surface area (Å²) in [5.74, 6) is -1.25. The molecule has 0 bridgehead atoms. The topological polar surface area (TPSA) is 118 Å². The lowest BCUT2D eigenvalue weighted by molar-refractivity contribution is -0.385. The molecule has 0 aliphatic carbocycles. The molecule has 182 valence electrons. The lowest BCUT2D eigenvalue weighted by Gasteiger charge is -2.06. The molecular formula is C25H18Cl2N4O4S. The van der Waals surface area contributed by atoms with Crippen molar-refractivity contribution in [1.29, 1.82) is 0 Å². The average Bonchev–Trinajstić information content (AvgIpc) is 3.28.